The molecule has 6 nitrogen and oxygen atoms in total. The van der Waals surface area contributed by atoms with Gasteiger partial charge >= 0.3 is 6.09 Å². The Hall–Kier alpha value is -0.850. The second-order valence-electron chi connectivity index (χ2n) is 7.19. The average Bonchev–Trinajstić information content (AvgIpc) is 2.35. The molecule has 130 valence electrons. The predicted octanol–water partition coefficient (Wildman–Crippen LogP) is 2.54. The van der Waals surface area contributed by atoms with Gasteiger partial charge in [-0.25, -0.2) is 4.79 Å². The molecule has 0 bridgehead atoms. The molecule has 22 heavy (non-hydrogen) atoms. The van der Waals surface area contributed by atoms with E-state index in [1.807, 2.05) is 20.8 Å². The molecule has 1 aliphatic rings. The third-order valence-corrected chi connectivity index (χ3v) is 3.19. The SMILES string of the molecule is CC(C)(C)OC(=O)N1CCC(OCCCOC(C)(C)O)CC1. The van der Waals surface area contributed by atoms with E-state index in [9.17, 15) is 9.90 Å². The molecule has 0 radical (unpaired) electrons. The first-order chi connectivity index (χ1) is 10.1. The van der Waals surface area contributed by atoms with Gasteiger partial charge in [0.1, 0.15) is 5.60 Å². The van der Waals surface area contributed by atoms with E-state index < -0.39 is 11.4 Å². The van der Waals surface area contributed by atoms with Crippen LogP contribution in [0.3, 0.4) is 0 Å². The van der Waals surface area contributed by atoms with E-state index in [0.29, 0.717) is 26.3 Å². The number of rotatable bonds is 6. The standard InChI is InChI=1S/C16H31NO5/c1-15(2,3)22-14(18)17-9-7-13(8-10-17)20-11-6-12-21-16(4,5)19/h13,19H,6-12H2,1-5H3. The van der Waals surface area contributed by atoms with E-state index in [1.54, 1.807) is 18.7 Å². The van der Waals surface area contributed by atoms with Gasteiger partial charge in [0.15, 0.2) is 5.79 Å². The number of piperidine rings is 1. The van der Waals surface area contributed by atoms with Crippen LogP contribution in [0.1, 0.15) is 53.9 Å². The summed E-state index contributed by atoms with van der Waals surface area (Å²) >= 11 is 0. The smallest absolute Gasteiger partial charge is 0.410 e. The zero-order chi connectivity index (χ0) is 16.8. The summed E-state index contributed by atoms with van der Waals surface area (Å²) in [6.07, 6.45) is 2.33. The Balaban J connectivity index is 2.14. The Morgan fingerprint density at radius 2 is 1.73 bits per heavy atom. The highest BCUT2D eigenvalue weighted by atomic mass is 16.6. The lowest BCUT2D eigenvalue weighted by Crippen LogP contribution is -2.43. The fraction of sp³-hybridized carbons (Fsp3) is 0.938. The number of likely N-dealkylation sites (tertiary alicyclic amines) is 1. The number of hydrogen-bond acceptors (Lipinski definition) is 5. The molecule has 0 atom stereocenters. The van der Waals surface area contributed by atoms with Gasteiger partial charge in [-0.1, -0.05) is 0 Å². The van der Waals surface area contributed by atoms with Crippen molar-refractivity contribution in [2.24, 2.45) is 0 Å². The molecule has 1 saturated heterocycles. The van der Waals surface area contributed by atoms with Crippen LogP contribution in [-0.4, -0.2) is 59.9 Å². The first-order valence-electron chi connectivity index (χ1n) is 8.03. The summed E-state index contributed by atoms with van der Waals surface area (Å²) in [6.45, 7) is 11.2. The van der Waals surface area contributed by atoms with E-state index in [1.165, 1.54) is 0 Å². The molecule has 0 saturated carbocycles. The third-order valence-electron chi connectivity index (χ3n) is 3.19. The van der Waals surface area contributed by atoms with Crippen LogP contribution in [0.2, 0.25) is 0 Å². The normalized spacial score (nSPS) is 17.6. The molecule has 0 spiro atoms. The highest BCUT2D eigenvalue weighted by Crippen LogP contribution is 2.17. The molecule has 1 fully saturated rings. The fourth-order valence-electron chi connectivity index (χ4n) is 2.16. The monoisotopic (exact) mass is 317 g/mol. The van der Waals surface area contributed by atoms with Crippen LogP contribution in [-0.2, 0) is 14.2 Å². The summed E-state index contributed by atoms with van der Waals surface area (Å²) in [6, 6.07) is 0. The molecule has 0 aromatic carbocycles. The number of ether oxygens (including phenoxy) is 3. The molecule has 0 unspecified atom stereocenters. The minimum absolute atomic E-state index is 0.181. The highest BCUT2D eigenvalue weighted by molar-refractivity contribution is 5.68. The summed E-state index contributed by atoms with van der Waals surface area (Å²) in [7, 11) is 0. The number of amides is 1. The zero-order valence-electron chi connectivity index (χ0n) is 14.6. The van der Waals surface area contributed by atoms with E-state index >= 15 is 0 Å². The first kappa shape index (κ1) is 19.2. The maximum Gasteiger partial charge on any atom is 0.410 e. The van der Waals surface area contributed by atoms with E-state index in [2.05, 4.69) is 0 Å². The maximum atomic E-state index is 11.9. The van der Waals surface area contributed by atoms with Crippen molar-refractivity contribution >= 4 is 6.09 Å². The Labute approximate surface area is 133 Å². The Morgan fingerprint density at radius 3 is 2.23 bits per heavy atom. The van der Waals surface area contributed by atoms with Gasteiger partial charge in [-0.3, -0.25) is 0 Å². The van der Waals surface area contributed by atoms with Crippen molar-refractivity contribution < 1.29 is 24.1 Å². The van der Waals surface area contributed by atoms with E-state index in [0.717, 1.165) is 19.3 Å². The molecular formula is C16H31NO5. The van der Waals surface area contributed by atoms with Crippen LogP contribution in [0.4, 0.5) is 4.79 Å². The van der Waals surface area contributed by atoms with Gasteiger partial charge in [0, 0.05) is 19.7 Å². The Morgan fingerprint density at radius 1 is 1.14 bits per heavy atom. The van der Waals surface area contributed by atoms with E-state index in [4.69, 9.17) is 14.2 Å². The lowest BCUT2D eigenvalue weighted by Gasteiger charge is -2.33. The molecule has 1 amide bonds. The van der Waals surface area contributed by atoms with Crippen molar-refractivity contribution in [1.29, 1.82) is 0 Å². The number of nitrogens with zero attached hydrogens (tertiary/aromatic N) is 1. The largest absolute Gasteiger partial charge is 0.444 e. The summed E-state index contributed by atoms with van der Waals surface area (Å²) in [5.74, 6) is -1.08. The first-order valence-corrected chi connectivity index (χ1v) is 8.03. The Kier molecular flexibility index (Phi) is 7.09. The van der Waals surface area contributed by atoms with Crippen molar-refractivity contribution in [3.05, 3.63) is 0 Å². The molecule has 1 aliphatic heterocycles. The molecular weight excluding hydrogens is 286 g/mol. The second kappa shape index (κ2) is 8.13. The number of carbonyl (C=O) groups excluding carboxylic acids is 1. The van der Waals surface area contributed by atoms with E-state index in [-0.39, 0.29) is 12.2 Å². The number of hydrogen-bond donors (Lipinski definition) is 1. The van der Waals surface area contributed by atoms with Crippen molar-refractivity contribution in [1.82, 2.24) is 4.90 Å². The van der Waals surface area contributed by atoms with Crippen molar-refractivity contribution in [3.8, 4) is 0 Å². The highest BCUT2D eigenvalue weighted by Gasteiger charge is 2.27. The molecule has 0 aromatic heterocycles. The third kappa shape index (κ3) is 8.56. The Bertz CT molecular complexity index is 337. The molecule has 1 heterocycles. The van der Waals surface area contributed by atoms with Crippen LogP contribution >= 0.6 is 0 Å². The summed E-state index contributed by atoms with van der Waals surface area (Å²) < 4.78 is 16.4. The molecule has 6 heteroatoms. The number of carbonyl (C=O) groups is 1. The molecule has 1 rings (SSSR count). The summed E-state index contributed by atoms with van der Waals surface area (Å²) in [5, 5.41) is 9.42. The van der Waals surface area contributed by atoms with Crippen LogP contribution in [0.15, 0.2) is 0 Å². The van der Waals surface area contributed by atoms with Crippen molar-refractivity contribution in [3.63, 3.8) is 0 Å². The van der Waals surface area contributed by atoms with Gasteiger partial charge in [0.25, 0.3) is 0 Å². The minimum Gasteiger partial charge on any atom is -0.444 e. The van der Waals surface area contributed by atoms with Crippen molar-refractivity contribution in [2.45, 2.75) is 71.4 Å². The molecule has 0 aromatic rings. The van der Waals surface area contributed by atoms with Gasteiger partial charge in [0.2, 0.25) is 0 Å². The van der Waals surface area contributed by atoms with Crippen LogP contribution in [0, 0.1) is 0 Å². The minimum atomic E-state index is -1.08. The van der Waals surface area contributed by atoms with Gasteiger partial charge in [-0.15, -0.1) is 0 Å². The van der Waals surface area contributed by atoms with Gasteiger partial charge in [0.05, 0.1) is 12.7 Å². The summed E-state index contributed by atoms with van der Waals surface area (Å²) in [4.78, 5) is 13.7. The van der Waals surface area contributed by atoms with Crippen LogP contribution in [0.25, 0.3) is 0 Å². The van der Waals surface area contributed by atoms with Gasteiger partial charge < -0.3 is 24.2 Å². The lowest BCUT2D eigenvalue weighted by atomic mass is 10.1. The summed E-state index contributed by atoms with van der Waals surface area (Å²) in [5.41, 5.74) is -0.453. The molecule has 1 N–H and O–H groups in total. The van der Waals surface area contributed by atoms with Crippen LogP contribution < -0.4 is 0 Å². The van der Waals surface area contributed by atoms with Crippen molar-refractivity contribution in [2.75, 3.05) is 26.3 Å². The zero-order valence-corrected chi connectivity index (χ0v) is 14.6. The second-order valence-corrected chi connectivity index (χ2v) is 7.19. The predicted molar refractivity (Wildman–Crippen MR) is 83.6 cm³/mol. The van der Waals surface area contributed by atoms with Gasteiger partial charge in [-0.05, 0) is 53.9 Å². The maximum absolute atomic E-state index is 11.9. The number of aliphatic hydroxyl groups is 1. The van der Waals surface area contributed by atoms with Gasteiger partial charge in [-0.2, -0.15) is 0 Å². The quantitative estimate of drug-likeness (QED) is 0.602. The molecule has 0 aliphatic carbocycles. The lowest BCUT2D eigenvalue weighted by molar-refractivity contribution is -0.178. The average molecular weight is 317 g/mol. The topological polar surface area (TPSA) is 68.2 Å². The fourth-order valence-corrected chi connectivity index (χ4v) is 2.16. The van der Waals surface area contributed by atoms with Crippen LogP contribution in [0.5, 0.6) is 0 Å².